The van der Waals surface area contributed by atoms with Crippen LogP contribution in [0.1, 0.15) is 0 Å². The number of imide groups is 1. The Hall–Kier alpha value is -1.75. The van der Waals surface area contributed by atoms with Crippen LogP contribution in [0.15, 0.2) is 24.3 Å². The zero-order valence-corrected chi connectivity index (χ0v) is 9.71. The molecule has 0 aliphatic carbocycles. The second-order valence-electron chi connectivity index (χ2n) is 3.02. The molecule has 5 nitrogen and oxygen atoms in total. The summed E-state index contributed by atoms with van der Waals surface area (Å²) in [7, 11) is 2.81. The zero-order chi connectivity index (χ0) is 12.1. The van der Waals surface area contributed by atoms with Crippen molar-refractivity contribution >= 4 is 29.4 Å². The van der Waals surface area contributed by atoms with Crippen molar-refractivity contribution in [1.29, 1.82) is 0 Å². The number of nitrogens with one attached hydrogen (secondary N) is 2. The Bertz CT molecular complexity index is 409. The highest BCUT2D eigenvalue weighted by atomic mass is 35.5. The third-order valence-electron chi connectivity index (χ3n) is 1.94. The Morgan fingerprint density at radius 3 is 2.44 bits per heavy atom. The average molecular weight is 242 g/mol. The normalized spacial score (nSPS) is 9.44. The van der Waals surface area contributed by atoms with Crippen LogP contribution in [0.25, 0.3) is 0 Å². The SMILES string of the molecule is CNC(=O)N(C)C(=O)Nc1ccccc1Cl. The van der Waals surface area contributed by atoms with Crippen LogP contribution in [-0.2, 0) is 0 Å². The predicted molar refractivity (Wildman–Crippen MR) is 62.7 cm³/mol. The van der Waals surface area contributed by atoms with Crippen LogP contribution in [0, 0.1) is 0 Å². The molecular formula is C10H12ClN3O2. The largest absolute Gasteiger partial charge is 0.341 e. The van der Waals surface area contributed by atoms with E-state index in [1.165, 1.54) is 14.1 Å². The molecule has 0 fully saturated rings. The van der Waals surface area contributed by atoms with Crippen molar-refractivity contribution in [2.45, 2.75) is 0 Å². The number of nitrogens with zero attached hydrogens (tertiary/aromatic N) is 1. The van der Waals surface area contributed by atoms with Gasteiger partial charge in [0.15, 0.2) is 0 Å². The minimum Gasteiger partial charge on any atom is -0.341 e. The lowest BCUT2D eigenvalue weighted by Crippen LogP contribution is -2.41. The molecule has 0 heterocycles. The Labute approximate surface area is 98.4 Å². The van der Waals surface area contributed by atoms with E-state index < -0.39 is 12.1 Å². The molecule has 0 saturated heterocycles. The molecule has 0 atom stereocenters. The smallest absolute Gasteiger partial charge is 0.329 e. The molecule has 1 aromatic rings. The van der Waals surface area contributed by atoms with Crippen LogP contribution in [0.4, 0.5) is 15.3 Å². The minimum atomic E-state index is -0.549. The molecule has 86 valence electrons. The predicted octanol–water partition coefficient (Wildman–Crippen LogP) is 2.14. The van der Waals surface area contributed by atoms with Gasteiger partial charge in [0, 0.05) is 14.1 Å². The monoisotopic (exact) mass is 241 g/mol. The number of hydrogen-bond donors (Lipinski definition) is 2. The first-order chi connectivity index (χ1) is 7.56. The number of anilines is 1. The number of rotatable bonds is 1. The van der Waals surface area contributed by atoms with E-state index in [1.807, 2.05) is 0 Å². The van der Waals surface area contributed by atoms with Gasteiger partial charge in [-0.25, -0.2) is 14.5 Å². The van der Waals surface area contributed by atoms with Crippen LogP contribution in [0.5, 0.6) is 0 Å². The Morgan fingerprint density at radius 2 is 1.88 bits per heavy atom. The number of benzene rings is 1. The van der Waals surface area contributed by atoms with Crippen molar-refractivity contribution in [2.24, 2.45) is 0 Å². The van der Waals surface area contributed by atoms with Crippen LogP contribution in [0.3, 0.4) is 0 Å². The first-order valence-electron chi connectivity index (χ1n) is 4.57. The number of carbonyl (C=O) groups excluding carboxylic acids is 2. The fraction of sp³-hybridized carbons (Fsp3) is 0.200. The molecule has 1 rings (SSSR count). The summed E-state index contributed by atoms with van der Waals surface area (Å²) in [6, 6.07) is 5.74. The van der Waals surface area contributed by atoms with E-state index in [1.54, 1.807) is 24.3 Å². The molecule has 1 aromatic carbocycles. The molecule has 0 aliphatic heterocycles. The topological polar surface area (TPSA) is 61.4 Å². The summed E-state index contributed by atoms with van der Waals surface area (Å²) in [5.41, 5.74) is 0.463. The molecule has 0 bridgehead atoms. The van der Waals surface area contributed by atoms with E-state index in [9.17, 15) is 9.59 Å². The lowest BCUT2D eigenvalue weighted by Gasteiger charge is -2.15. The Balaban J connectivity index is 2.72. The van der Waals surface area contributed by atoms with Crippen molar-refractivity contribution in [3.8, 4) is 0 Å². The van der Waals surface area contributed by atoms with Crippen LogP contribution >= 0.6 is 11.6 Å². The van der Waals surface area contributed by atoms with E-state index >= 15 is 0 Å². The Morgan fingerprint density at radius 1 is 1.25 bits per heavy atom. The molecule has 16 heavy (non-hydrogen) atoms. The third kappa shape index (κ3) is 2.87. The molecule has 0 unspecified atom stereocenters. The van der Waals surface area contributed by atoms with Gasteiger partial charge in [-0.1, -0.05) is 23.7 Å². The molecule has 0 aromatic heterocycles. The van der Waals surface area contributed by atoms with Crippen molar-refractivity contribution in [3.63, 3.8) is 0 Å². The number of halogens is 1. The van der Waals surface area contributed by atoms with Crippen molar-refractivity contribution in [3.05, 3.63) is 29.3 Å². The van der Waals surface area contributed by atoms with E-state index in [0.29, 0.717) is 10.7 Å². The second-order valence-corrected chi connectivity index (χ2v) is 3.43. The van der Waals surface area contributed by atoms with Gasteiger partial charge in [-0.3, -0.25) is 0 Å². The summed E-state index contributed by atoms with van der Waals surface area (Å²) in [6.07, 6.45) is 0. The third-order valence-corrected chi connectivity index (χ3v) is 2.27. The fourth-order valence-electron chi connectivity index (χ4n) is 1.02. The van der Waals surface area contributed by atoms with Gasteiger partial charge in [0.25, 0.3) is 0 Å². The van der Waals surface area contributed by atoms with Crippen molar-refractivity contribution in [1.82, 2.24) is 10.2 Å². The summed E-state index contributed by atoms with van der Waals surface area (Å²) in [6.45, 7) is 0. The molecule has 0 spiro atoms. The van der Waals surface area contributed by atoms with Gasteiger partial charge in [0.05, 0.1) is 10.7 Å². The van der Waals surface area contributed by atoms with Gasteiger partial charge < -0.3 is 10.6 Å². The van der Waals surface area contributed by atoms with Crippen molar-refractivity contribution in [2.75, 3.05) is 19.4 Å². The molecule has 0 aliphatic rings. The van der Waals surface area contributed by atoms with Crippen LogP contribution < -0.4 is 10.6 Å². The maximum absolute atomic E-state index is 11.6. The van der Waals surface area contributed by atoms with Crippen LogP contribution in [-0.4, -0.2) is 31.1 Å². The van der Waals surface area contributed by atoms with Gasteiger partial charge in [0.1, 0.15) is 0 Å². The zero-order valence-electron chi connectivity index (χ0n) is 8.95. The second kappa shape index (κ2) is 5.37. The molecule has 0 saturated carbocycles. The standard InChI is InChI=1S/C10H12ClN3O2/c1-12-9(15)14(2)10(16)13-8-6-4-3-5-7(8)11/h3-6H,1-2H3,(H,12,15)(H,13,16). The number of amides is 4. The first-order valence-corrected chi connectivity index (χ1v) is 4.95. The number of hydrogen-bond acceptors (Lipinski definition) is 2. The highest BCUT2D eigenvalue weighted by Gasteiger charge is 2.15. The highest BCUT2D eigenvalue weighted by Crippen LogP contribution is 2.20. The maximum Gasteiger partial charge on any atom is 0.329 e. The molecule has 6 heteroatoms. The highest BCUT2D eigenvalue weighted by molar-refractivity contribution is 6.33. The van der Waals surface area contributed by atoms with Crippen LogP contribution in [0.2, 0.25) is 5.02 Å². The number of urea groups is 2. The first kappa shape index (κ1) is 12.3. The molecule has 4 amide bonds. The van der Waals surface area contributed by atoms with E-state index in [4.69, 9.17) is 11.6 Å². The summed E-state index contributed by atoms with van der Waals surface area (Å²) in [5.74, 6) is 0. The lowest BCUT2D eigenvalue weighted by molar-refractivity contribution is 0.203. The quantitative estimate of drug-likeness (QED) is 0.791. The van der Waals surface area contributed by atoms with Crippen molar-refractivity contribution < 1.29 is 9.59 Å². The summed E-state index contributed by atoms with van der Waals surface area (Å²) in [5, 5.41) is 5.28. The van der Waals surface area contributed by atoms with Gasteiger partial charge >= 0.3 is 12.1 Å². The summed E-state index contributed by atoms with van der Waals surface area (Å²) >= 11 is 5.85. The van der Waals surface area contributed by atoms with Gasteiger partial charge in [0.2, 0.25) is 0 Å². The van der Waals surface area contributed by atoms with E-state index in [0.717, 1.165) is 4.90 Å². The molecule has 2 N–H and O–H groups in total. The molecule has 0 radical (unpaired) electrons. The number of carbonyl (C=O) groups is 2. The maximum atomic E-state index is 11.6. The minimum absolute atomic E-state index is 0.418. The van der Waals surface area contributed by atoms with E-state index in [-0.39, 0.29) is 0 Å². The van der Waals surface area contributed by atoms with Gasteiger partial charge in [-0.2, -0.15) is 0 Å². The lowest BCUT2D eigenvalue weighted by atomic mass is 10.3. The average Bonchev–Trinajstić information content (AvgIpc) is 2.30. The summed E-state index contributed by atoms with van der Waals surface area (Å²) in [4.78, 5) is 23.6. The Kier molecular flexibility index (Phi) is 4.13. The van der Waals surface area contributed by atoms with E-state index in [2.05, 4.69) is 10.6 Å². The van der Waals surface area contributed by atoms with Gasteiger partial charge in [-0.05, 0) is 12.1 Å². The number of para-hydroxylation sites is 1. The summed E-state index contributed by atoms with van der Waals surface area (Å²) < 4.78 is 0. The molecular weight excluding hydrogens is 230 g/mol. The van der Waals surface area contributed by atoms with Gasteiger partial charge in [-0.15, -0.1) is 0 Å². The fourth-order valence-corrected chi connectivity index (χ4v) is 1.20.